The van der Waals surface area contributed by atoms with Crippen molar-refractivity contribution >= 4 is 17.5 Å². The van der Waals surface area contributed by atoms with Crippen molar-refractivity contribution in [1.82, 2.24) is 15.1 Å². The number of aromatic amines is 1. The molecule has 0 saturated carbocycles. The fourth-order valence-electron chi connectivity index (χ4n) is 2.03. The summed E-state index contributed by atoms with van der Waals surface area (Å²) in [5.74, 6) is 0.984. The van der Waals surface area contributed by atoms with Crippen LogP contribution in [0.5, 0.6) is 0 Å². The van der Waals surface area contributed by atoms with Gasteiger partial charge in [0.1, 0.15) is 5.69 Å². The Labute approximate surface area is 93.6 Å². The van der Waals surface area contributed by atoms with Crippen molar-refractivity contribution in [2.45, 2.75) is 19.4 Å². The van der Waals surface area contributed by atoms with Crippen molar-refractivity contribution in [3.05, 3.63) is 18.0 Å². The molecule has 2 heterocycles. The maximum atomic E-state index is 12.0. The molecule has 1 aliphatic rings. The van der Waals surface area contributed by atoms with Gasteiger partial charge in [-0.25, -0.2) is 0 Å². The highest BCUT2D eigenvalue weighted by molar-refractivity contribution is 6.18. The number of rotatable bonds is 2. The average molecular weight is 228 g/mol. The monoisotopic (exact) mass is 227 g/mol. The number of aromatic nitrogens is 2. The largest absolute Gasteiger partial charge is 0.333 e. The van der Waals surface area contributed by atoms with E-state index in [4.69, 9.17) is 11.6 Å². The fraction of sp³-hybridized carbons (Fsp3) is 0.600. The quantitative estimate of drug-likeness (QED) is 0.779. The van der Waals surface area contributed by atoms with Crippen molar-refractivity contribution in [2.75, 3.05) is 12.4 Å². The van der Waals surface area contributed by atoms with E-state index >= 15 is 0 Å². The Balaban J connectivity index is 2.14. The zero-order valence-corrected chi connectivity index (χ0v) is 9.37. The number of amides is 1. The molecule has 0 bridgehead atoms. The van der Waals surface area contributed by atoms with Gasteiger partial charge in [0.15, 0.2) is 0 Å². The second kappa shape index (κ2) is 4.23. The third-order valence-electron chi connectivity index (χ3n) is 3.03. The molecule has 1 N–H and O–H groups in total. The average Bonchev–Trinajstić information content (AvgIpc) is 2.85. The van der Waals surface area contributed by atoms with Crippen molar-refractivity contribution in [3.63, 3.8) is 0 Å². The lowest BCUT2D eigenvalue weighted by Crippen LogP contribution is -2.38. The highest BCUT2D eigenvalue weighted by Crippen LogP contribution is 2.25. The lowest BCUT2D eigenvalue weighted by molar-refractivity contribution is 0.0731. The van der Waals surface area contributed by atoms with Crippen LogP contribution in [-0.2, 0) is 0 Å². The standard InChI is InChI=1S/C10H14ClN3O/c1-7-3-5-14(9(7)6-11)10(15)8-2-4-12-13-8/h2,4,7,9H,3,5-6H2,1H3,(H,12,13). The summed E-state index contributed by atoms with van der Waals surface area (Å²) in [6, 6.07) is 1.85. The number of hydrogen-bond donors (Lipinski definition) is 1. The van der Waals surface area contributed by atoms with E-state index in [0.717, 1.165) is 13.0 Å². The zero-order valence-electron chi connectivity index (χ0n) is 8.61. The fourth-order valence-corrected chi connectivity index (χ4v) is 2.50. The topological polar surface area (TPSA) is 49.0 Å². The molecule has 2 rings (SSSR count). The van der Waals surface area contributed by atoms with Gasteiger partial charge in [-0.15, -0.1) is 11.6 Å². The normalized spacial score (nSPS) is 25.9. The van der Waals surface area contributed by atoms with Gasteiger partial charge in [0, 0.05) is 24.7 Å². The number of alkyl halides is 1. The van der Waals surface area contributed by atoms with Crippen LogP contribution in [-0.4, -0.2) is 39.5 Å². The van der Waals surface area contributed by atoms with Crippen LogP contribution in [0, 0.1) is 5.92 Å². The molecule has 2 atom stereocenters. The highest BCUT2D eigenvalue weighted by Gasteiger charge is 2.34. The number of likely N-dealkylation sites (tertiary alicyclic amines) is 1. The molecule has 0 spiro atoms. The Hall–Kier alpha value is -1.03. The summed E-state index contributed by atoms with van der Waals surface area (Å²) in [5, 5.41) is 6.47. The SMILES string of the molecule is CC1CCN(C(=O)c2ccn[nH]2)C1CCl. The number of halogens is 1. The molecule has 1 aromatic heterocycles. The van der Waals surface area contributed by atoms with E-state index in [1.807, 2.05) is 4.90 Å². The maximum Gasteiger partial charge on any atom is 0.272 e. The van der Waals surface area contributed by atoms with Crippen LogP contribution < -0.4 is 0 Å². The Morgan fingerprint density at radius 3 is 3.20 bits per heavy atom. The van der Waals surface area contributed by atoms with Gasteiger partial charge in [-0.05, 0) is 18.4 Å². The number of H-pyrrole nitrogens is 1. The number of carbonyl (C=O) groups excluding carboxylic acids is 1. The highest BCUT2D eigenvalue weighted by atomic mass is 35.5. The molecular formula is C10H14ClN3O. The summed E-state index contributed by atoms with van der Waals surface area (Å²) in [4.78, 5) is 13.9. The predicted octanol–water partition coefficient (Wildman–Crippen LogP) is 1.50. The number of hydrogen-bond acceptors (Lipinski definition) is 2. The molecule has 4 nitrogen and oxygen atoms in total. The number of nitrogens with zero attached hydrogens (tertiary/aromatic N) is 2. The second-order valence-electron chi connectivity index (χ2n) is 3.96. The Morgan fingerprint density at radius 1 is 1.80 bits per heavy atom. The van der Waals surface area contributed by atoms with Crippen LogP contribution in [0.3, 0.4) is 0 Å². The van der Waals surface area contributed by atoms with E-state index in [1.165, 1.54) is 0 Å². The predicted molar refractivity (Wildman–Crippen MR) is 57.9 cm³/mol. The first kappa shape index (κ1) is 10.5. The maximum absolute atomic E-state index is 12.0. The zero-order chi connectivity index (χ0) is 10.8. The Bertz CT molecular complexity index is 338. The van der Waals surface area contributed by atoms with Gasteiger partial charge in [-0.3, -0.25) is 9.89 Å². The molecule has 1 aromatic rings. The molecule has 1 aliphatic heterocycles. The summed E-state index contributed by atoms with van der Waals surface area (Å²) in [6.45, 7) is 2.92. The molecule has 2 unspecified atom stereocenters. The molecule has 1 fully saturated rings. The van der Waals surface area contributed by atoms with E-state index < -0.39 is 0 Å². The molecule has 1 saturated heterocycles. The Morgan fingerprint density at radius 2 is 2.60 bits per heavy atom. The van der Waals surface area contributed by atoms with Gasteiger partial charge in [0.05, 0.1) is 0 Å². The van der Waals surface area contributed by atoms with Crippen molar-refractivity contribution < 1.29 is 4.79 Å². The van der Waals surface area contributed by atoms with Crippen LogP contribution in [0.4, 0.5) is 0 Å². The first-order valence-electron chi connectivity index (χ1n) is 5.10. The van der Waals surface area contributed by atoms with Crippen LogP contribution in [0.1, 0.15) is 23.8 Å². The van der Waals surface area contributed by atoms with E-state index in [0.29, 0.717) is 17.5 Å². The first-order valence-corrected chi connectivity index (χ1v) is 5.63. The van der Waals surface area contributed by atoms with Crippen molar-refractivity contribution in [2.24, 2.45) is 5.92 Å². The van der Waals surface area contributed by atoms with Crippen molar-refractivity contribution in [3.8, 4) is 0 Å². The van der Waals surface area contributed by atoms with E-state index in [9.17, 15) is 4.79 Å². The lowest BCUT2D eigenvalue weighted by Gasteiger charge is -2.24. The lowest BCUT2D eigenvalue weighted by atomic mass is 10.1. The molecule has 0 radical (unpaired) electrons. The van der Waals surface area contributed by atoms with Gasteiger partial charge >= 0.3 is 0 Å². The molecular weight excluding hydrogens is 214 g/mol. The van der Waals surface area contributed by atoms with Gasteiger partial charge in [-0.2, -0.15) is 5.10 Å². The van der Waals surface area contributed by atoms with Crippen molar-refractivity contribution in [1.29, 1.82) is 0 Å². The molecule has 1 amide bonds. The van der Waals surface area contributed by atoms with Crippen LogP contribution >= 0.6 is 11.6 Å². The first-order chi connectivity index (χ1) is 7.24. The third-order valence-corrected chi connectivity index (χ3v) is 3.35. The van der Waals surface area contributed by atoms with Crippen LogP contribution in [0.15, 0.2) is 12.3 Å². The van der Waals surface area contributed by atoms with Gasteiger partial charge in [0.25, 0.3) is 5.91 Å². The molecule has 15 heavy (non-hydrogen) atoms. The smallest absolute Gasteiger partial charge is 0.272 e. The molecule has 0 aromatic carbocycles. The summed E-state index contributed by atoms with van der Waals surface area (Å²) in [7, 11) is 0. The molecule has 0 aliphatic carbocycles. The third kappa shape index (κ3) is 1.86. The molecule has 5 heteroatoms. The summed E-state index contributed by atoms with van der Waals surface area (Å²) in [5.41, 5.74) is 0.541. The van der Waals surface area contributed by atoms with E-state index in [-0.39, 0.29) is 11.9 Å². The molecule has 82 valence electrons. The van der Waals surface area contributed by atoms with Crippen LogP contribution in [0.2, 0.25) is 0 Å². The minimum absolute atomic E-state index is 0.00231. The van der Waals surface area contributed by atoms with Gasteiger partial charge in [0.2, 0.25) is 0 Å². The summed E-state index contributed by atoms with van der Waals surface area (Å²) < 4.78 is 0. The minimum atomic E-state index is 0.00231. The number of carbonyl (C=O) groups is 1. The van der Waals surface area contributed by atoms with Crippen LogP contribution in [0.25, 0.3) is 0 Å². The summed E-state index contributed by atoms with van der Waals surface area (Å²) in [6.07, 6.45) is 2.61. The van der Waals surface area contributed by atoms with E-state index in [2.05, 4.69) is 17.1 Å². The number of nitrogens with one attached hydrogen (secondary N) is 1. The minimum Gasteiger partial charge on any atom is -0.333 e. The van der Waals surface area contributed by atoms with Gasteiger partial charge in [-0.1, -0.05) is 6.92 Å². The van der Waals surface area contributed by atoms with E-state index in [1.54, 1.807) is 12.3 Å². The Kier molecular flexibility index (Phi) is 2.95. The summed E-state index contributed by atoms with van der Waals surface area (Å²) >= 11 is 5.88. The second-order valence-corrected chi connectivity index (χ2v) is 4.27. The van der Waals surface area contributed by atoms with Gasteiger partial charge < -0.3 is 4.90 Å².